The SMILES string of the molecule is CC(C=N)OCNCCC[C@H](NC(=O)OC(C)(C)C)C(=O)OC(C)(C)C.Cl. The van der Waals surface area contributed by atoms with Gasteiger partial charge >= 0.3 is 12.1 Å². The van der Waals surface area contributed by atoms with E-state index < -0.39 is 29.3 Å². The quantitative estimate of drug-likeness (QED) is 0.221. The van der Waals surface area contributed by atoms with E-state index in [1.807, 2.05) is 0 Å². The molecule has 0 aromatic heterocycles. The predicted molar refractivity (Wildman–Crippen MR) is 108 cm³/mol. The van der Waals surface area contributed by atoms with Crippen LogP contribution in [0.1, 0.15) is 61.3 Å². The molecule has 2 atom stereocenters. The van der Waals surface area contributed by atoms with Crippen LogP contribution in [-0.4, -0.2) is 54.9 Å². The molecular weight excluding hydrogens is 374 g/mol. The van der Waals surface area contributed by atoms with Gasteiger partial charge in [0.05, 0.1) is 12.8 Å². The predicted octanol–water partition coefficient (Wildman–Crippen LogP) is 3.03. The molecule has 0 aromatic rings. The summed E-state index contributed by atoms with van der Waals surface area (Å²) in [6, 6.07) is -0.785. The van der Waals surface area contributed by atoms with Crippen LogP contribution in [0.15, 0.2) is 0 Å². The Bertz CT molecular complexity index is 461. The van der Waals surface area contributed by atoms with E-state index >= 15 is 0 Å². The summed E-state index contributed by atoms with van der Waals surface area (Å²) in [7, 11) is 0. The lowest BCUT2D eigenvalue weighted by Gasteiger charge is -2.26. The minimum atomic E-state index is -0.785. The normalized spacial score (nSPS) is 13.7. The summed E-state index contributed by atoms with van der Waals surface area (Å²) >= 11 is 0. The number of amides is 1. The third-order valence-electron chi connectivity index (χ3n) is 2.91. The second-order valence-corrected chi connectivity index (χ2v) is 8.06. The van der Waals surface area contributed by atoms with Gasteiger partial charge < -0.3 is 24.9 Å². The third-order valence-corrected chi connectivity index (χ3v) is 2.91. The van der Waals surface area contributed by atoms with Crippen LogP contribution >= 0.6 is 12.4 Å². The molecule has 0 aromatic carbocycles. The maximum atomic E-state index is 12.3. The molecule has 1 unspecified atom stereocenters. The average Bonchev–Trinajstić information content (AvgIpc) is 2.45. The van der Waals surface area contributed by atoms with E-state index in [0.717, 1.165) is 0 Å². The highest BCUT2D eigenvalue weighted by molar-refractivity contribution is 5.85. The molecule has 0 fully saturated rings. The zero-order chi connectivity index (χ0) is 20.4. The van der Waals surface area contributed by atoms with Crippen LogP contribution in [0, 0.1) is 5.41 Å². The summed E-state index contributed by atoms with van der Waals surface area (Å²) in [6.45, 7) is 13.3. The third kappa shape index (κ3) is 16.5. The number of hydrogen-bond acceptors (Lipinski definition) is 7. The molecule has 160 valence electrons. The van der Waals surface area contributed by atoms with Crippen molar-refractivity contribution < 1.29 is 23.8 Å². The monoisotopic (exact) mass is 409 g/mol. The van der Waals surface area contributed by atoms with E-state index in [1.54, 1.807) is 48.5 Å². The molecule has 0 heterocycles. The van der Waals surface area contributed by atoms with Crippen molar-refractivity contribution in [3.8, 4) is 0 Å². The van der Waals surface area contributed by atoms with Crippen LogP contribution in [-0.2, 0) is 19.0 Å². The average molecular weight is 410 g/mol. The Kier molecular flexibility index (Phi) is 13.3. The first-order valence-corrected chi connectivity index (χ1v) is 8.89. The highest BCUT2D eigenvalue weighted by atomic mass is 35.5. The molecule has 0 aliphatic carbocycles. The fourth-order valence-electron chi connectivity index (χ4n) is 1.81. The van der Waals surface area contributed by atoms with Gasteiger partial charge in [0, 0.05) is 6.21 Å². The molecule has 0 aliphatic rings. The van der Waals surface area contributed by atoms with Crippen LogP contribution in [0.25, 0.3) is 0 Å². The maximum absolute atomic E-state index is 12.3. The van der Waals surface area contributed by atoms with E-state index in [0.29, 0.717) is 26.1 Å². The largest absolute Gasteiger partial charge is 0.458 e. The minimum Gasteiger partial charge on any atom is -0.458 e. The number of hydrogen-bond donors (Lipinski definition) is 3. The van der Waals surface area contributed by atoms with E-state index in [-0.39, 0.29) is 18.5 Å². The Morgan fingerprint density at radius 3 is 2.11 bits per heavy atom. The van der Waals surface area contributed by atoms with E-state index in [4.69, 9.17) is 19.6 Å². The van der Waals surface area contributed by atoms with Crippen molar-refractivity contribution in [1.82, 2.24) is 10.6 Å². The zero-order valence-electron chi connectivity index (χ0n) is 17.5. The molecule has 0 saturated heterocycles. The van der Waals surface area contributed by atoms with Gasteiger partial charge in [0.2, 0.25) is 0 Å². The number of nitrogens with one attached hydrogen (secondary N) is 3. The molecule has 3 N–H and O–H groups in total. The number of rotatable bonds is 10. The second kappa shape index (κ2) is 12.9. The van der Waals surface area contributed by atoms with Crippen LogP contribution in [0.4, 0.5) is 4.79 Å². The Balaban J connectivity index is 0. The van der Waals surface area contributed by atoms with Crippen molar-refractivity contribution in [2.75, 3.05) is 13.3 Å². The molecule has 0 aliphatic heterocycles. The molecule has 9 heteroatoms. The van der Waals surface area contributed by atoms with Crippen molar-refractivity contribution in [1.29, 1.82) is 5.41 Å². The molecular formula is C18H36ClN3O5. The molecule has 0 spiro atoms. The summed E-state index contributed by atoms with van der Waals surface area (Å²) in [5.41, 5.74) is -1.28. The van der Waals surface area contributed by atoms with Crippen molar-refractivity contribution >= 4 is 30.7 Å². The summed E-state index contributed by atoms with van der Waals surface area (Å²) in [5, 5.41) is 12.7. The van der Waals surface area contributed by atoms with E-state index in [1.165, 1.54) is 6.21 Å². The summed E-state index contributed by atoms with van der Waals surface area (Å²) in [6.07, 6.45) is 1.35. The van der Waals surface area contributed by atoms with Gasteiger partial charge in [0.15, 0.2) is 0 Å². The number of alkyl carbamates (subject to hydrolysis) is 1. The number of ether oxygens (including phenoxy) is 3. The lowest BCUT2D eigenvalue weighted by molar-refractivity contribution is -0.157. The number of esters is 1. The van der Waals surface area contributed by atoms with Crippen molar-refractivity contribution in [3.63, 3.8) is 0 Å². The Morgan fingerprint density at radius 2 is 1.63 bits per heavy atom. The molecule has 0 radical (unpaired) electrons. The van der Waals surface area contributed by atoms with Gasteiger partial charge in [0.25, 0.3) is 0 Å². The fraction of sp³-hybridized carbons (Fsp3) is 0.833. The van der Waals surface area contributed by atoms with Gasteiger partial charge in [-0.2, -0.15) is 0 Å². The molecule has 1 amide bonds. The Morgan fingerprint density at radius 1 is 1.07 bits per heavy atom. The Labute approximate surface area is 169 Å². The van der Waals surface area contributed by atoms with Crippen molar-refractivity contribution in [2.24, 2.45) is 0 Å². The summed E-state index contributed by atoms with van der Waals surface area (Å²) in [4.78, 5) is 24.3. The van der Waals surface area contributed by atoms with Gasteiger partial charge in [-0.3, -0.25) is 5.32 Å². The maximum Gasteiger partial charge on any atom is 0.408 e. The van der Waals surface area contributed by atoms with Gasteiger partial charge in [-0.05, 0) is 67.9 Å². The smallest absolute Gasteiger partial charge is 0.408 e. The molecule has 0 bridgehead atoms. The van der Waals surface area contributed by atoms with Crippen LogP contribution in [0.5, 0.6) is 0 Å². The van der Waals surface area contributed by atoms with Crippen LogP contribution in [0.2, 0.25) is 0 Å². The first-order valence-electron chi connectivity index (χ1n) is 8.89. The molecule has 27 heavy (non-hydrogen) atoms. The van der Waals surface area contributed by atoms with Gasteiger partial charge in [-0.15, -0.1) is 12.4 Å². The molecule has 0 rings (SSSR count). The lowest BCUT2D eigenvalue weighted by Crippen LogP contribution is -2.46. The number of carbonyl (C=O) groups is 2. The van der Waals surface area contributed by atoms with E-state index in [9.17, 15) is 9.59 Å². The molecule has 0 saturated carbocycles. The second-order valence-electron chi connectivity index (χ2n) is 8.06. The first kappa shape index (κ1) is 27.8. The molecule has 8 nitrogen and oxygen atoms in total. The fourth-order valence-corrected chi connectivity index (χ4v) is 1.81. The summed E-state index contributed by atoms with van der Waals surface area (Å²) in [5.74, 6) is -0.489. The zero-order valence-corrected chi connectivity index (χ0v) is 18.3. The lowest BCUT2D eigenvalue weighted by atomic mass is 10.1. The highest BCUT2D eigenvalue weighted by Crippen LogP contribution is 2.12. The van der Waals surface area contributed by atoms with Crippen LogP contribution < -0.4 is 10.6 Å². The first-order chi connectivity index (χ1) is 11.8. The minimum absolute atomic E-state index is 0. The van der Waals surface area contributed by atoms with Gasteiger partial charge in [-0.1, -0.05) is 0 Å². The van der Waals surface area contributed by atoms with Crippen molar-refractivity contribution in [3.05, 3.63) is 0 Å². The van der Waals surface area contributed by atoms with Gasteiger partial charge in [0.1, 0.15) is 17.2 Å². The summed E-state index contributed by atoms with van der Waals surface area (Å²) < 4.78 is 15.9. The van der Waals surface area contributed by atoms with Gasteiger partial charge in [-0.25, -0.2) is 9.59 Å². The van der Waals surface area contributed by atoms with Crippen molar-refractivity contribution in [2.45, 2.75) is 84.7 Å². The Hall–Kier alpha value is -1.38. The number of halogens is 1. The van der Waals surface area contributed by atoms with E-state index in [2.05, 4.69) is 10.6 Å². The topological polar surface area (TPSA) is 110 Å². The number of carbonyl (C=O) groups excluding carboxylic acids is 2. The highest BCUT2D eigenvalue weighted by Gasteiger charge is 2.28. The van der Waals surface area contributed by atoms with Crippen LogP contribution in [0.3, 0.4) is 0 Å². The standard InChI is InChI=1S/C18H35N3O5.ClH/c1-13(11-19)24-12-20-10-8-9-14(15(22)25-17(2,3)4)21-16(23)26-18(5,6)7;/h11,13-14,19-20H,8-10,12H2,1-7H3,(H,21,23);1H/t13?,14-;/m0./s1.